The highest BCUT2D eigenvalue weighted by Crippen LogP contribution is 1.91. The fourth-order valence-corrected chi connectivity index (χ4v) is 0.624. The molecule has 0 saturated carbocycles. The van der Waals surface area contributed by atoms with Crippen LogP contribution < -0.4 is 5.32 Å². The Labute approximate surface area is 53.5 Å². The van der Waals surface area contributed by atoms with E-state index in [9.17, 15) is 4.79 Å². The van der Waals surface area contributed by atoms with Crippen molar-refractivity contribution in [2.45, 2.75) is 13.3 Å². The van der Waals surface area contributed by atoms with Crippen LogP contribution in [0.15, 0.2) is 17.4 Å². The predicted molar refractivity (Wildman–Crippen MR) is 35.0 cm³/mol. The van der Waals surface area contributed by atoms with Crippen LogP contribution in [0.25, 0.3) is 0 Å². The average Bonchev–Trinajstić information content (AvgIpc) is 1.93. The van der Waals surface area contributed by atoms with Crippen molar-refractivity contribution in [3.63, 3.8) is 0 Å². The molecule has 1 rings (SSSR count). The molecule has 0 aromatic heterocycles. The third-order valence-corrected chi connectivity index (χ3v) is 1.03. The SMILES string of the molecule is CC1=NC=CNC(=O)C1. The molecule has 1 aliphatic heterocycles. The second-order valence-electron chi connectivity index (χ2n) is 1.92. The number of hydrogen-bond donors (Lipinski definition) is 1. The Hall–Kier alpha value is -1.12. The molecule has 0 saturated heterocycles. The van der Waals surface area contributed by atoms with Crippen molar-refractivity contribution in [1.82, 2.24) is 5.32 Å². The summed E-state index contributed by atoms with van der Waals surface area (Å²) in [5, 5.41) is 2.54. The normalized spacial score (nSPS) is 18.3. The predicted octanol–water partition coefficient (Wildman–Crippen LogP) is 0.438. The van der Waals surface area contributed by atoms with Crippen molar-refractivity contribution in [2.75, 3.05) is 0 Å². The van der Waals surface area contributed by atoms with E-state index in [1.54, 1.807) is 12.4 Å². The molecule has 0 aromatic rings. The van der Waals surface area contributed by atoms with Gasteiger partial charge in [-0.3, -0.25) is 9.79 Å². The van der Waals surface area contributed by atoms with Gasteiger partial charge in [-0.05, 0) is 6.92 Å². The summed E-state index contributed by atoms with van der Waals surface area (Å²) in [7, 11) is 0. The van der Waals surface area contributed by atoms with Gasteiger partial charge in [-0.2, -0.15) is 0 Å². The van der Waals surface area contributed by atoms with Gasteiger partial charge >= 0.3 is 0 Å². The van der Waals surface area contributed by atoms with E-state index in [0.29, 0.717) is 6.42 Å². The van der Waals surface area contributed by atoms with Gasteiger partial charge in [0.2, 0.25) is 5.91 Å². The molecule has 9 heavy (non-hydrogen) atoms. The van der Waals surface area contributed by atoms with Gasteiger partial charge in [-0.25, -0.2) is 0 Å². The maximum Gasteiger partial charge on any atom is 0.229 e. The highest BCUT2D eigenvalue weighted by molar-refractivity contribution is 6.00. The Morgan fingerprint density at radius 1 is 1.78 bits per heavy atom. The summed E-state index contributed by atoms with van der Waals surface area (Å²) in [4.78, 5) is 14.6. The smallest absolute Gasteiger partial charge is 0.229 e. The van der Waals surface area contributed by atoms with Crippen LogP contribution in [0.2, 0.25) is 0 Å². The van der Waals surface area contributed by atoms with Crippen molar-refractivity contribution in [1.29, 1.82) is 0 Å². The maximum atomic E-state index is 10.7. The van der Waals surface area contributed by atoms with E-state index in [1.165, 1.54) is 0 Å². The summed E-state index contributed by atoms with van der Waals surface area (Å²) in [6, 6.07) is 0. The molecule has 0 radical (unpaired) electrons. The van der Waals surface area contributed by atoms with Crippen molar-refractivity contribution < 1.29 is 4.79 Å². The number of carbonyl (C=O) groups is 1. The zero-order valence-corrected chi connectivity index (χ0v) is 5.22. The first-order valence-corrected chi connectivity index (χ1v) is 2.77. The van der Waals surface area contributed by atoms with Crippen LogP contribution in [0.4, 0.5) is 0 Å². The Morgan fingerprint density at radius 2 is 2.56 bits per heavy atom. The molecule has 0 fully saturated rings. The van der Waals surface area contributed by atoms with Crippen molar-refractivity contribution >= 4 is 11.6 Å². The van der Waals surface area contributed by atoms with Gasteiger partial charge in [-0.15, -0.1) is 0 Å². The topological polar surface area (TPSA) is 41.5 Å². The van der Waals surface area contributed by atoms with E-state index in [-0.39, 0.29) is 5.91 Å². The molecule has 0 atom stereocenters. The van der Waals surface area contributed by atoms with Crippen LogP contribution in [-0.4, -0.2) is 11.6 Å². The molecule has 0 aromatic carbocycles. The average molecular weight is 124 g/mol. The zero-order valence-electron chi connectivity index (χ0n) is 5.22. The first kappa shape index (κ1) is 6.01. The minimum Gasteiger partial charge on any atom is -0.331 e. The number of carbonyl (C=O) groups excluding carboxylic acids is 1. The minimum atomic E-state index is 0.00463. The van der Waals surface area contributed by atoms with Gasteiger partial charge in [-0.1, -0.05) is 0 Å². The van der Waals surface area contributed by atoms with Gasteiger partial charge in [0.05, 0.1) is 6.42 Å². The first-order chi connectivity index (χ1) is 4.29. The van der Waals surface area contributed by atoms with Gasteiger partial charge in [0.15, 0.2) is 0 Å². The molecule has 1 N–H and O–H groups in total. The molecule has 1 aliphatic rings. The molecular formula is C6H8N2O. The zero-order chi connectivity index (χ0) is 6.69. The van der Waals surface area contributed by atoms with Crippen molar-refractivity contribution in [3.05, 3.63) is 12.4 Å². The molecule has 3 heteroatoms. The highest BCUT2D eigenvalue weighted by Gasteiger charge is 2.01. The molecule has 0 aliphatic carbocycles. The molecule has 48 valence electrons. The summed E-state index contributed by atoms with van der Waals surface area (Å²) in [6.07, 6.45) is 3.53. The number of hydrogen-bond acceptors (Lipinski definition) is 2. The van der Waals surface area contributed by atoms with Gasteiger partial charge in [0.1, 0.15) is 0 Å². The van der Waals surface area contributed by atoms with E-state index in [1.807, 2.05) is 6.92 Å². The highest BCUT2D eigenvalue weighted by atomic mass is 16.1. The maximum absolute atomic E-state index is 10.7. The minimum absolute atomic E-state index is 0.00463. The number of aliphatic imine (C=N–C) groups is 1. The lowest BCUT2D eigenvalue weighted by atomic mass is 10.3. The Bertz CT molecular complexity index is 181. The summed E-state index contributed by atoms with van der Waals surface area (Å²) < 4.78 is 0. The lowest BCUT2D eigenvalue weighted by Crippen LogP contribution is -2.17. The third-order valence-electron chi connectivity index (χ3n) is 1.03. The third kappa shape index (κ3) is 1.68. The molecule has 1 amide bonds. The summed E-state index contributed by atoms with van der Waals surface area (Å²) in [5.41, 5.74) is 0.848. The van der Waals surface area contributed by atoms with E-state index >= 15 is 0 Å². The van der Waals surface area contributed by atoms with Crippen LogP contribution in [0.3, 0.4) is 0 Å². The van der Waals surface area contributed by atoms with Crippen molar-refractivity contribution in [3.8, 4) is 0 Å². The van der Waals surface area contributed by atoms with Gasteiger partial charge in [0, 0.05) is 18.1 Å². The Balaban J connectivity index is 2.69. The second kappa shape index (κ2) is 2.44. The number of nitrogens with one attached hydrogen (secondary N) is 1. The molecule has 0 bridgehead atoms. The summed E-state index contributed by atoms with van der Waals surface area (Å²) in [6.45, 7) is 1.83. The first-order valence-electron chi connectivity index (χ1n) is 2.77. The fraction of sp³-hybridized carbons (Fsp3) is 0.333. The Kier molecular flexibility index (Phi) is 1.63. The van der Waals surface area contributed by atoms with E-state index < -0.39 is 0 Å². The lowest BCUT2D eigenvalue weighted by Gasteiger charge is -1.92. The largest absolute Gasteiger partial charge is 0.331 e. The lowest BCUT2D eigenvalue weighted by molar-refractivity contribution is -0.118. The van der Waals surface area contributed by atoms with Crippen LogP contribution in [0, 0.1) is 0 Å². The quantitative estimate of drug-likeness (QED) is 0.500. The van der Waals surface area contributed by atoms with E-state index in [0.717, 1.165) is 5.71 Å². The molecule has 0 spiro atoms. The summed E-state index contributed by atoms with van der Waals surface area (Å²) in [5.74, 6) is 0.00463. The van der Waals surface area contributed by atoms with Crippen LogP contribution >= 0.6 is 0 Å². The molecule has 3 nitrogen and oxygen atoms in total. The van der Waals surface area contributed by atoms with E-state index in [2.05, 4.69) is 10.3 Å². The monoisotopic (exact) mass is 124 g/mol. The van der Waals surface area contributed by atoms with Crippen LogP contribution in [0.5, 0.6) is 0 Å². The molecule has 1 heterocycles. The molecular weight excluding hydrogens is 116 g/mol. The van der Waals surface area contributed by atoms with Crippen LogP contribution in [0.1, 0.15) is 13.3 Å². The second-order valence-corrected chi connectivity index (χ2v) is 1.92. The fourth-order valence-electron chi connectivity index (χ4n) is 0.624. The number of nitrogens with zero attached hydrogens (tertiary/aromatic N) is 1. The summed E-state index contributed by atoms with van der Waals surface area (Å²) >= 11 is 0. The standard InChI is InChI=1S/C6H8N2O/c1-5-4-6(9)8-3-2-7-5/h2-3H,4H2,1H3,(H,8,9). The van der Waals surface area contributed by atoms with Crippen molar-refractivity contribution in [2.24, 2.45) is 4.99 Å². The van der Waals surface area contributed by atoms with Gasteiger partial charge < -0.3 is 5.32 Å². The number of amides is 1. The number of rotatable bonds is 0. The van der Waals surface area contributed by atoms with Crippen LogP contribution in [-0.2, 0) is 4.79 Å². The van der Waals surface area contributed by atoms with E-state index in [4.69, 9.17) is 0 Å². The molecule has 0 unspecified atom stereocenters. The van der Waals surface area contributed by atoms with Gasteiger partial charge in [0.25, 0.3) is 0 Å². The Morgan fingerprint density at radius 3 is 3.33 bits per heavy atom.